The lowest BCUT2D eigenvalue weighted by Crippen LogP contribution is -2.30. The fraction of sp³-hybridized carbons (Fsp3) is 0.391. The second-order valence-electron chi connectivity index (χ2n) is 8.00. The summed E-state index contributed by atoms with van der Waals surface area (Å²) in [5.41, 5.74) is 9.98. The number of nitrogens with two attached hydrogens (primary N) is 1. The highest BCUT2D eigenvalue weighted by molar-refractivity contribution is 5.96. The molecule has 0 radical (unpaired) electrons. The maximum atomic E-state index is 13.0. The summed E-state index contributed by atoms with van der Waals surface area (Å²) in [5.74, 6) is -0.189. The van der Waals surface area contributed by atoms with E-state index < -0.39 is 11.3 Å². The Labute approximate surface area is 186 Å². The van der Waals surface area contributed by atoms with Gasteiger partial charge in [0.1, 0.15) is 11.2 Å². The first-order valence-corrected chi connectivity index (χ1v) is 10.9. The quantitative estimate of drug-likeness (QED) is 0.487. The van der Waals surface area contributed by atoms with E-state index in [0.717, 1.165) is 43.4 Å². The van der Waals surface area contributed by atoms with E-state index in [-0.39, 0.29) is 11.6 Å². The molecule has 0 aliphatic heterocycles. The van der Waals surface area contributed by atoms with Crippen molar-refractivity contribution in [1.29, 1.82) is 0 Å². The van der Waals surface area contributed by atoms with Crippen LogP contribution in [0, 0.1) is 0 Å². The number of anilines is 2. The Hall–Kier alpha value is -3.30. The highest BCUT2D eigenvalue weighted by Gasteiger charge is 2.22. The zero-order valence-electron chi connectivity index (χ0n) is 18.1. The van der Waals surface area contributed by atoms with Gasteiger partial charge in [0.2, 0.25) is 11.4 Å². The Morgan fingerprint density at radius 1 is 1.22 bits per heavy atom. The highest BCUT2D eigenvalue weighted by Crippen LogP contribution is 2.30. The van der Waals surface area contributed by atoms with E-state index in [2.05, 4.69) is 20.8 Å². The molecule has 1 aliphatic carbocycles. The molecule has 9 nitrogen and oxygen atoms in total. The van der Waals surface area contributed by atoms with E-state index in [1.165, 1.54) is 19.7 Å². The summed E-state index contributed by atoms with van der Waals surface area (Å²) in [5, 5.41) is 3.51. The van der Waals surface area contributed by atoms with Gasteiger partial charge in [-0.1, -0.05) is 31.4 Å². The van der Waals surface area contributed by atoms with Gasteiger partial charge in [-0.2, -0.15) is 4.98 Å². The van der Waals surface area contributed by atoms with Gasteiger partial charge in [-0.3, -0.25) is 14.4 Å². The van der Waals surface area contributed by atoms with Crippen molar-refractivity contribution in [1.82, 2.24) is 20.0 Å². The maximum absolute atomic E-state index is 13.0. The number of hydroxylamine groups is 1. The van der Waals surface area contributed by atoms with Crippen LogP contribution in [0.25, 0.3) is 11.0 Å². The molecular formula is C23H28N6O3. The predicted molar refractivity (Wildman–Crippen MR) is 123 cm³/mol. The first-order chi connectivity index (χ1) is 15.6. The molecule has 0 atom stereocenters. The Bertz CT molecular complexity index is 1150. The van der Waals surface area contributed by atoms with E-state index in [1.807, 2.05) is 28.8 Å². The van der Waals surface area contributed by atoms with Crippen molar-refractivity contribution in [3.8, 4) is 0 Å². The summed E-state index contributed by atoms with van der Waals surface area (Å²) in [6, 6.07) is 8.08. The molecule has 1 saturated carbocycles. The zero-order chi connectivity index (χ0) is 22.5. The summed E-state index contributed by atoms with van der Waals surface area (Å²) in [7, 11) is 1.34. The zero-order valence-corrected chi connectivity index (χ0v) is 18.1. The highest BCUT2D eigenvalue weighted by atomic mass is 16.6. The smallest absolute Gasteiger partial charge is 0.280 e. The van der Waals surface area contributed by atoms with Gasteiger partial charge in [0.25, 0.3) is 5.91 Å². The molecule has 2 heterocycles. The van der Waals surface area contributed by atoms with Crippen molar-refractivity contribution >= 4 is 28.6 Å². The van der Waals surface area contributed by atoms with Gasteiger partial charge >= 0.3 is 0 Å². The molecule has 1 aromatic carbocycles. The van der Waals surface area contributed by atoms with Gasteiger partial charge in [0, 0.05) is 24.1 Å². The van der Waals surface area contributed by atoms with Crippen LogP contribution in [-0.4, -0.2) is 34.1 Å². The van der Waals surface area contributed by atoms with Crippen molar-refractivity contribution in [2.75, 3.05) is 19.0 Å². The van der Waals surface area contributed by atoms with Gasteiger partial charge in [-0.25, -0.2) is 10.5 Å². The van der Waals surface area contributed by atoms with Gasteiger partial charge in [-0.05, 0) is 43.5 Å². The number of benzene rings is 1. The lowest BCUT2D eigenvalue weighted by molar-refractivity contribution is 0.0535. The Balaban J connectivity index is 1.75. The van der Waals surface area contributed by atoms with Crippen LogP contribution >= 0.6 is 0 Å². The van der Waals surface area contributed by atoms with E-state index >= 15 is 0 Å². The average Bonchev–Trinajstić information content (AvgIpc) is 2.81. The van der Waals surface area contributed by atoms with E-state index in [1.54, 1.807) is 6.20 Å². The number of rotatable bonds is 7. The molecule has 0 bridgehead atoms. The standard InChI is InChI=1S/C23H28N6O3/c1-32-28-22(31)19-14-29(17-5-3-2-4-6-17)21-18(20(19)30)13-25-23(27-21)26-16-9-7-15(8-10-16)11-12-24/h7-10,13-14,17H,2-6,11-12,24H2,1H3,(H,28,31)(H,25,26,27). The number of aromatic nitrogens is 3. The SMILES string of the molecule is CONC(=O)c1cn(C2CCCCC2)c2nc(Nc3ccc(CCN)cc3)ncc2c1=O. The number of fused-ring (bicyclic) bond motifs is 1. The van der Waals surface area contributed by atoms with Crippen molar-refractivity contribution in [3.63, 3.8) is 0 Å². The molecule has 168 valence electrons. The van der Waals surface area contributed by atoms with Crippen molar-refractivity contribution in [2.45, 2.75) is 44.6 Å². The molecule has 9 heteroatoms. The number of amides is 1. The fourth-order valence-electron chi connectivity index (χ4n) is 4.19. The van der Waals surface area contributed by atoms with Crippen molar-refractivity contribution in [3.05, 3.63) is 58.0 Å². The molecule has 2 aromatic heterocycles. The molecule has 0 spiro atoms. The third-order valence-corrected chi connectivity index (χ3v) is 5.82. The van der Waals surface area contributed by atoms with Crippen LogP contribution in [0.15, 0.2) is 41.5 Å². The van der Waals surface area contributed by atoms with E-state index in [0.29, 0.717) is 23.5 Å². The van der Waals surface area contributed by atoms with Crippen LogP contribution in [0.1, 0.15) is 54.1 Å². The largest absolute Gasteiger partial charge is 0.330 e. The summed E-state index contributed by atoms with van der Waals surface area (Å²) in [6.45, 7) is 0.601. The summed E-state index contributed by atoms with van der Waals surface area (Å²) in [4.78, 5) is 39.2. The number of hydrogen-bond acceptors (Lipinski definition) is 7. The molecule has 1 amide bonds. The molecule has 3 aromatic rings. The molecule has 0 saturated heterocycles. The van der Waals surface area contributed by atoms with Gasteiger partial charge in [0.05, 0.1) is 12.5 Å². The van der Waals surface area contributed by atoms with Gasteiger partial charge < -0.3 is 15.6 Å². The Kier molecular flexibility index (Phi) is 6.77. The van der Waals surface area contributed by atoms with Crippen molar-refractivity contribution < 1.29 is 9.63 Å². The predicted octanol–water partition coefficient (Wildman–Crippen LogP) is 2.83. The second-order valence-corrected chi connectivity index (χ2v) is 8.00. The Morgan fingerprint density at radius 3 is 2.66 bits per heavy atom. The normalized spacial score (nSPS) is 14.4. The minimum atomic E-state index is -0.580. The van der Waals surface area contributed by atoms with Crippen LogP contribution in [0.3, 0.4) is 0 Å². The summed E-state index contributed by atoms with van der Waals surface area (Å²) < 4.78 is 1.96. The van der Waals surface area contributed by atoms with Crippen LogP contribution in [0.4, 0.5) is 11.6 Å². The van der Waals surface area contributed by atoms with Crippen LogP contribution in [-0.2, 0) is 11.3 Å². The molecular weight excluding hydrogens is 408 g/mol. The monoisotopic (exact) mass is 436 g/mol. The van der Waals surface area contributed by atoms with Gasteiger partial charge in [0.15, 0.2) is 0 Å². The Morgan fingerprint density at radius 2 is 1.97 bits per heavy atom. The number of hydrogen-bond donors (Lipinski definition) is 3. The maximum Gasteiger partial charge on any atom is 0.280 e. The average molecular weight is 437 g/mol. The fourth-order valence-corrected chi connectivity index (χ4v) is 4.19. The molecule has 1 aliphatic rings. The number of pyridine rings is 1. The van der Waals surface area contributed by atoms with Crippen LogP contribution in [0.5, 0.6) is 0 Å². The molecule has 4 N–H and O–H groups in total. The first kappa shape index (κ1) is 21.9. The molecule has 0 unspecified atom stereocenters. The topological polar surface area (TPSA) is 124 Å². The second kappa shape index (κ2) is 9.88. The molecule has 1 fully saturated rings. The lowest BCUT2D eigenvalue weighted by atomic mass is 9.95. The summed E-state index contributed by atoms with van der Waals surface area (Å²) in [6.07, 6.45) is 9.24. The van der Waals surface area contributed by atoms with Crippen LogP contribution < -0.4 is 22.0 Å². The van der Waals surface area contributed by atoms with E-state index in [9.17, 15) is 9.59 Å². The van der Waals surface area contributed by atoms with Crippen LogP contribution in [0.2, 0.25) is 0 Å². The number of nitrogens with zero attached hydrogens (tertiary/aromatic N) is 3. The lowest BCUT2D eigenvalue weighted by Gasteiger charge is -2.26. The number of nitrogens with one attached hydrogen (secondary N) is 2. The first-order valence-electron chi connectivity index (χ1n) is 10.9. The minimum Gasteiger partial charge on any atom is -0.330 e. The van der Waals surface area contributed by atoms with Gasteiger partial charge in [-0.15, -0.1) is 0 Å². The third kappa shape index (κ3) is 4.63. The third-order valence-electron chi connectivity index (χ3n) is 5.82. The summed E-state index contributed by atoms with van der Waals surface area (Å²) >= 11 is 0. The van der Waals surface area contributed by atoms with Crippen molar-refractivity contribution in [2.24, 2.45) is 5.73 Å². The number of carbonyl (C=O) groups is 1. The minimum absolute atomic E-state index is 0.0183. The number of carbonyl (C=O) groups excluding carboxylic acids is 1. The molecule has 32 heavy (non-hydrogen) atoms. The molecule has 4 rings (SSSR count). The van der Waals surface area contributed by atoms with E-state index in [4.69, 9.17) is 10.6 Å².